The predicted octanol–water partition coefficient (Wildman–Crippen LogP) is 4.62. The van der Waals surface area contributed by atoms with Crippen LogP contribution in [0.25, 0.3) is 10.8 Å². The minimum atomic E-state index is -1.85. The van der Waals surface area contributed by atoms with Crippen LogP contribution in [0.3, 0.4) is 0 Å². The third-order valence-electron chi connectivity index (χ3n) is 5.20. The Labute approximate surface area is 175 Å². The van der Waals surface area contributed by atoms with E-state index >= 15 is 0 Å². The van der Waals surface area contributed by atoms with E-state index in [1.54, 1.807) is 48.5 Å². The fraction of sp³-hybridized carbons (Fsp3) is 0.0769. The lowest BCUT2D eigenvalue weighted by Gasteiger charge is -2.27. The van der Waals surface area contributed by atoms with Gasteiger partial charge in [0.05, 0.1) is 5.71 Å². The first-order valence-corrected chi connectivity index (χ1v) is 9.76. The van der Waals surface area contributed by atoms with Gasteiger partial charge < -0.3 is 5.11 Å². The summed E-state index contributed by atoms with van der Waals surface area (Å²) in [7, 11) is 0. The maximum Gasteiger partial charge on any atom is 0.281 e. The summed E-state index contributed by atoms with van der Waals surface area (Å²) in [5.74, 6) is -0.611. The van der Waals surface area contributed by atoms with Crippen LogP contribution in [0.2, 0.25) is 0 Å². The van der Waals surface area contributed by atoms with Crippen molar-refractivity contribution in [3.63, 3.8) is 0 Å². The highest BCUT2D eigenvalue weighted by Crippen LogP contribution is 2.30. The smallest absolute Gasteiger partial charge is 0.281 e. The number of rotatable bonds is 5. The number of hydrogen-bond acceptors (Lipinski definition) is 3. The number of nitrogens with one attached hydrogen (secondary N) is 1. The molecule has 0 aromatic heterocycles. The van der Waals surface area contributed by atoms with Crippen molar-refractivity contribution in [2.45, 2.75) is 12.5 Å². The molecule has 0 unspecified atom stereocenters. The molecule has 2 N–H and O–H groups in total. The van der Waals surface area contributed by atoms with Gasteiger partial charge in [-0.2, -0.15) is 5.10 Å². The lowest BCUT2D eigenvalue weighted by Crippen LogP contribution is -2.43. The highest BCUT2D eigenvalue weighted by molar-refractivity contribution is 6.02. The van der Waals surface area contributed by atoms with Crippen molar-refractivity contribution in [3.8, 4) is 0 Å². The van der Waals surface area contributed by atoms with Gasteiger partial charge in [0.15, 0.2) is 5.60 Å². The van der Waals surface area contributed by atoms with E-state index in [-0.39, 0.29) is 0 Å². The minimum Gasteiger partial charge on any atom is -0.372 e. The van der Waals surface area contributed by atoms with Gasteiger partial charge in [-0.15, -0.1) is 0 Å². The van der Waals surface area contributed by atoms with Gasteiger partial charge in [-0.1, -0.05) is 97.1 Å². The molecule has 1 amide bonds. The molecule has 0 fully saturated rings. The van der Waals surface area contributed by atoms with E-state index < -0.39 is 11.5 Å². The van der Waals surface area contributed by atoms with E-state index in [9.17, 15) is 9.90 Å². The number of aliphatic hydroxyl groups is 1. The van der Waals surface area contributed by atoms with Crippen molar-refractivity contribution in [2.75, 3.05) is 0 Å². The molecule has 4 nitrogen and oxygen atoms in total. The lowest BCUT2D eigenvalue weighted by atomic mass is 9.85. The Balaban J connectivity index is 1.65. The van der Waals surface area contributed by atoms with E-state index in [4.69, 9.17) is 0 Å². The average Bonchev–Trinajstić information content (AvgIpc) is 2.82. The van der Waals surface area contributed by atoms with Crippen molar-refractivity contribution in [1.29, 1.82) is 0 Å². The molecule has 0 aliphatic rings. The molecule has 4 aromatic carbocycles. The van der Waals surface area contributed by atoms with Gasteiger partial charge in [0.25, 0.3) is 5.91 Å². The van der Waals surface area contributed by atoms with Crippen LogP contribution in [0.15, 0.2) is 108 Å². The molecule has 4 rings (SSSR count). The van der Waals surface area contributed by atoms with Gasteiger partial charge in [-0.25, -0.2) is 5.43 Å². The van der Waals surface area contributed by atoms with Crippen molar-refractivity contribution in [3.05, 3.63) is 120 Å². The third kappa shape index (κ3) is 3.73. The second kappa shape index (κ2) is 8.31. The molecular formula is C26H22N2O2. The quantitative estimate of drug-likeness (QED) is 0.383. The summed E-state index contributed by atoms with van der Waals surface area (Å²) in [4.78, 5) is 13.1. The zero-order valence-electron chi connectivity index (χ0n) is 16.6. The first-order valence-electron chi connectivity index (χ1n) is 9.76. The Hall–Kier alpha value is -3.76. The molecule has 4 aromatic rings. The van der Waals surface area contributed by atoms with Crippen molar-refractivity contribution < 1.29 is 9.90 Å². The van der Waals surface area contributed by atoms with Crippen LogP contribution >= 0.6 is 0 Å². The number of hydrogen-bond donors (Lipinski definition) is 2. The molecule has 0 aliphatic heterocycles. The minimum absolute atomic E-state index is 0.479. The number of amides is 1. The standard InChI is InChI=1S/C26H22N2O2/c1-19(21-17-16-20-10-8-9-11-22(20)18-21)27-28-25(29)26(30,23-12-4-2-5-13-23)24-14-6-3-7-15-24/h2-18,30H,1H3,(H,28,29)/b27-19+. The molecule has 0 saturated carbocycles. The van der Waals surface area contributed by atoms with E-state index in [1.165, 1.54) is 0 Å². The summed E-state index contributed by atoms with van der Waals surface area (Å²) in [6.45, 7) is 1.83. The van der Waals surface area contributed by atoms with E-state index in [0.29, 0.717) is 16.8 Å². The van der Waals surface area contributed by atoms with Crippen molar-refractivity contribution >= 4 is 22.4 Å². The SMILES string of the molecule is C/C(=N\NC(=O)C(O)(c1ccccc1)c1ccccc1)c1ccc2ccccc2c1. The number of nitrogens with zero attached hydrogens (tertiary/aromatic N) is 1. The zero-order valence-corrected chi connectivity index (χ0v) is 16.6. The van der Waals surface area contributed by atoms with E-state index in [0.717, 1.165) is 16.3 Å². The number of fused-ring (bicyclic) bond motifs is 1. The first-order chi connectivity index (χ1) is 14.6. The number of benzene rings is 4. The molecule has 0 saturated heterocycles. The van der Waals surface area contributed by atoms with Gasteiger partial charge in [-0.3, -0.25) is 4.79 Å². The van der Waals surface area contributed by atoms with Gasteiger partial charge in [0.1, 0.15) is 0 Å². The van der Waals surface area contributed by atoms with Crippen LogP contribution in [0.1, 0.15) is 23.6 Å². The molecule has 0 atom stereocenters. The summed E-state index contributed by atoms with van der Waals surface area (Å²) < 4.78 is 0. The van der Waals surface area contributed by atoms with E-state index in [1.807, 2.05) is 61.5 Å². The van der Waals surface area contributed by atoms with Gasteiger partial charge in [0, 0.05) is 0 Å². The molecule has 0 spiro atoms. The normalized spacial score (nSPS) is 12.0. The maximum atomic E-state index is 13.1. The Kier molecular flexibility index (Phi) is 5.42. The van der Waals surface area contributed by atoms with Crippen LogP contribution < -0.4 is 5.43 Å². The van der Waals surface area contributed by atoms with Crippen LogP contribution in [-0.4, -0.2) is 16.7 Å². The molecule has 0 radical (unpaired) electrons. The topological polar surface area (TPSA) is 61.7 Å². The van der Waals surface area contributed by atoms with Crippen LogP contribution in [0, 0.1) is 0 Å². The third-order valence-corrected chi connectivity index (χ3v) is 5.20. The number of hydrazone groups is 1. The fourth-order valence-corrected chi connectivity index (χ4v) is 3.48. The Morgan fingerprint density at radius 2 is 1.30 bits per heavy atom. The summed E-state index contributed by atoms with van der Waals surface area (Å²) in [6, 6.07) is 31.9. The first kappa shape index (κ1) is 19.6. The molecule has 148 valence electrons. The summed E-state index contributed by atoms with van der Waals surface area (Å²) >= 11 is 0. The summed E-state index contributed by atoms with van der Waals surface area (Å²) in [5.41, 5.74) is 3.22. The number of carbonyl (C=O) groups is 1. The summed E-state index contributed by atoms with van der Waals surface area (Å²) in [6.07, 6.45) is 0. The predicted molar refractivity (Wildman–Crippen MR) is 120 cm³/mol. The molecule has 0 bridgehead atoms. The zero-order chi connectivity index (χ0) is 21.0. The molecule has 0 aliphatic carbocycles. The molecule has 30 heavy (non-hydrogen) atoms. The maximum absolute atomic E-state index is 13.1. The van der Waals surface area contributed by atoms with Crippen LogP contribution in [0.4, 0.5) is 0 Å². The molecule has 0 heterocycles. The van der Waals surface area contributed by atoms with Gasteiger partial charge in [-0.05, 0) is 40.5 Å². The van der Waals surface area contributed by atoms with Crippen LogP contribution in [-0.2, 0) is 10.4 Å². The van der Waals surface area contributed by atoms with Crippen molar-refractivity contribution in [2.24, 2.45) is 5.10 Å². The van der Waals surface area contributed by atoms with Gasteiger partial charge in [0.2, 0.25) is 0 Å². The second-order valence-electron chi connectivity index (χ2n) is 7.14. The van der Waals surface area contributed by atoms with Gasteiger partial charge >= 0.3 is 0 Å². The highest BCUT2D eigenvalue weighted by Gasteiger charge is 2.39. The average molecular weight is 394 g/mol. The number of carbonyl (C=O) groups excluding carboxylic acids is 1. The Morgan fingerprint density at radius 1 is 0.767 bits per heavy atom. The monoisotopic (exact) mass is 394 g/mol. The fourth-order valence-electron chi connectivity index (χ4n) is 3.48. The molecular weight excluding hydrogens is 372 g/mol. The molecule has 4 heteroatoms. The van der Waals surface area contributed by atoms with E-state index in [2.05, 4.69) is 10.5 Å². The Bertz CT molecular complexity index is 1160. The van der Waals surface area contributed by atoms with Crippen molar-refractivity contribution in [1.82, 2.24) is 5.43 Å². The largest absolute Gasteiger partial charge is 0.372 e. The lowest BCUT2D eigenvalue weighted by molar-refractivity contribution is -0.136. The summed E-state index contributed by atoms with van der Waals surface area (Å²) in [5, 5.41) is 18.0. The second-order valence-corrected chi connectivity index (χ2v) is 7.14. The highest BCUT2D eigenvalue weighted by atomic mass is 16.3. The Morgan fingerprint density at radius 3 is 1.90 bits per heavy atom. The van der Waals surface area contributed by atoms with Crippen LogP contribution in [0.5, 0.6) is 0 Å².